The summed E-state index contributed by atoms with van der Waals surface area (Å²) in [5, 5.41) is 3.35. The molecule has 0 saturated carbocycles. The summed E-state index contributed by atoms with van der Waals surface area (Å²) in [6.45, 7) is 9.91. The molecule has 0 bridgehead atoms. The van der Waals surface area contributed by atoms with Crippen molar-refractivity contribution in [1.82, 2.24) is 10.2 Å². The first-order chi connectivity index (χ1) is 13.1. The molecule has 7 nitrogen and oxygen atoms in total. The predicted molar refractivity (Wildman–Crippen MR) is 122 cm³/mol. The fraction of sp³-hybridized carbons (Fsp3) is 0.850. The summed E-state index contributed by atoms with van der Waals surface area (Å²) in [6, 6.07) is 0. The van der Waals surface area contributed by atoms with Crippen LogP contribution < -0.4 is 5.32 Å². The van der Waals surface area contributed by atoms with Crippen molar-refractivity contribution in [1.29, 1.82) is 0 Å². The smallest absolute Gasteiger partial charge is 0.309 e. The Labute approximate surface area is 187 Å². The third kappa shape index (κ3) is 11.1. The van der Waals surface area contributed by atoms with Gasteiger partial charge in [-0.2, -0.15) is 0 Å². The van der Waals surface area contributed by atoms with Crippen molar-refractivity contribution in [2.24, 2.45) is 10.9 Å². The van der Waals surface area contributed by atoms with E-state index in [0.29, 0.717) is 19.6 Å². The Hall–Kier alpha value is -1.06. The number of rotatable bonds is 11. The van der Waals surface area contributed by atoms with Gasteiger partial charge in [0.2, 0.25) is 0 Å². The van der Waals surface area contributed by atoms with E-state index < -0.39 is 0 Å². The summed E-state index contributed by atoms with van der Waals surface area (Å²) in [7, 11) is 0. The van der Waals surface area contributed by atoms with E-state index >= 15 is 0 Å². The Morgan fingerprint density at radius 2 is 1.64 bits per heavy atom. The number of guanidine groups is 1. The summed E-state index contributed by atoms with van der Waals surface area (Å²) in [4.78, 5) is 30.1. The molecule has 1 aliphatic heterocycles. The number of aliphatic imine (C=N–C) groups is 1. The largest absolute Gasteiger partial charge is 0.466 e. The topological polar surface area (TPSA) is 80.2 Å². The maximum atomic E-state index is 11.9. The van der Waals surface area contributed by atoms with Crippen LogP contribution in [0, 0.1) is 5.92 Å². The third-order valence-electron chi connectivity index (χ3n) is 4.61. The van der Waals surface area contributed by atoms with E-state index in [9.17, 15) is 9.59 Å². The number of likely N-dealkylation sites (tertiary alicyclic amines) is 1. The molecule has 1 saturated heterocycles. The van der Waals surface area contributed by atoms with E-state index in [0.717, 1.165) is 70.7 Å². The molecule has 0 atom stereocenters. The highest BCUT2D eigenvalue weighted by Crippen LogP contribution is 2.18. The summed E-state index contributed by atoms with van der Waals surface area (Å²) in [6.07, 6.45) is 6.12. The zero-order chi connectivity index (χ0) is 19.9. The zero-order valence-corrected chi connectivity index (χ0v) is 20.0. The minimum Gasteiger partial charge on any atom is -0.466 e. The van der Waals surface area contributed by atoms with E-state index in [1.807, 2.05) is 13.8 Å². The third-order valence-corrected chi connectivity index (χ3v) is 4.61. The minimum absolute atomic E-state index is 0. The molecule has 1 fully saturated rings. The maximum Gasteiger partial charge on any atom is 0.309 e. The fourth-order valence-corrected chi connectivity index (χ4v) is 3.17. The van der Waals surface area contributed by atoms with Gasteiger partial charge in [-0.3, -0.25) is 14.6 Å². The second-order valence-electron chi connectivity index (χ2n) is 6.72. The summed E-state index contributed by atoms with van der Waals surface area (Å²) in [5.74, 6) is 0.785. The van der Waals surface area contributed by atoms with Crippen molar-refractivity contribution in [3.8, 4) is 0 Å². The molecule has 1 N–H and O–H groups in total. The molecule has 1 rings (SSSR count). The lowest BCUT2D eigenvalue weighted by Crippen LogP contribution is -2.46. The molecule has 28 heavy (non-hydrogen) atoms. The first-order valence-corrected chi connectivity index (χ1v) is 10.5. The van der Waals surface area contributed by atoms with Crippen LogP contribution in [0.2, 0.25) is 0 Å². The van der Waals surface area contributed by atoms with Gasteiger partial charge in [-0.05, 0) is 46.5 Å². The predicted octanol–water partition coefficient (Wildman–Crippen LogP) is 3.36. The van der Waals surface area contributed by atoms with Gasteiger partial charge in [0.25, 0.3) is 0 Å². The monoisotopic (exact) mass is 511 g/mol. The van der Waals surface area contributed by atoms with Crippen molar-refractivity contribution < 1.29 is 19.1 Å². The molecule has 0 radical (unpaired) electrons. The van der Waals surface area contributed by atoms with Crippen LogP contribution in [0.25, 0.3) is 0 Å². The lowest BCUT2D eigenvalue weighted by Gasteiger charge is -2.33. The Morgan fingerprint density at radius 3 is 2.25 bits per heavy atom. The zero-order valence-electron chi connectivity index (χ0n) is 17.7. The van der Waals surface area contributed by atoms with Crippen LogP contribution in [0.15, 0.2) is 4.99 Å². The second-order valence-corrected chi connectivity index (χ2v) is 6.72. The Morgan fingerprint density at radius 1 is 1.00 bits per heavy atom. The van der Waals surface area contributed by atoms with Crippen LogP contribution in [-0.4, -0.2) is 62.2 Å². The fourth-order valence-electron chi connectivity index (χ4n) is 3.17. The Bertz CT molecular complexity index is 466. The molecule has 164 valence electrons. The minimum atomic E-state index is -0.101. The summed E-state index contributed by atoms with van der Waals surface area (Å²) < 4.78 is 10.1. The van der Waals surface area contributed by atoms with Crippen LogP contribution in [0.1, 0.15) is 65.7 Å². The Kier molecular flexibility index (Phi) is 16.2. The highest BCUT2D eigenvalue weighted by atomic mass is 127. The number of nitrogens with zero attached hydrogens (tertiary/aromatic N) is 2. The SMILES string of the molecule is CCNC(=NCCCCCCC(=O)OCC)N1CCC(C(=O)OCC)CC1.I. The molecule has 1 aliphatic rings. The van der Waals surface area contributed by atoms with E-state index in [1.165, 1.54) is 0 Å². The average Bonchev–Trinajstić information content (AvgIpc) is 2.67. The number of halogens is 1. The molecule has 0 aromatic heterocycles. The summed E-state index contributed by atoms with van der Waals surface area (Å²) >= 11 is 0. The van der Waals surface area contributed by atoms with Gasteiger partial charge >= 0.3 is 11.9 Å². The second kappa shape index (κ2) is 16.9. The molecule has 0 aliphatic carbocycles. The number of carbonyl (C=O) groups excluding carboxylic acids is 2. The normalized spacial score (nSPS) is 15.0. The number of nitrogens with one attached hydrogen (secondary N) is 1. The number of piperidine rings is 1. The number of carbonyl (C=O) groups is 2. The number of ether oxygens (including phenoxy) is 2. The van der Waals surface area contributed by atoms with Gasteiger partial charge in [-0.15, -0.1) is 24.0 Å². The van der Waals surface area contributed by atoms with Gasteiger partial charge in [0, 0.05) is 32.6 Å². The van der Waals surface area contributed by atoms with Crippen molar-refractivity contribution in [2.75, 3.05) is 39.4 Å². The van der Waals surface area contributed by atoms with Gasteiger partial charge in [-0.1, -0.05) is 12.8 Å². The highest BCUT2D eigenvalue weighted by molar-refractivity contribution is 14.0. The number of esters is 2. The number of hydrogen-bond acceptors (Lipinski definition) is 5. The molecule has 0 aromatic rings. The van der Waals surface area contributed by atoms with E-state index in [-0.39, 0.29) is 41.8 Å². The molecule has 1 heterocycles. The van der Waals surface area contributed by atoms with E-state index in [4.69, 9.17) is 14.5 Å². The maximum absolute atomic E-state index is 11.9. The van der Waals surface area contributed by atoms with Gasteiger partial charge in [0.05, 0.1) is 19.1 Å². The van der Waals surface area contributed by atoms with Crippen LogP contribution in [-0.2, 0) is 19.1 Å². The van der Waals surface area contributed by atoms with Crippen LogP contribution in [0.4, 0.5) is 0 Å². The van der Waals surface area contributed by atoms with Gasteiger partial charge in [0.1, 0.15) is 0 Å². The number of unbranched alkanes of at least 4 members (excludes halogenated alkanes) is 3. The van der Waals surface area contributed by atoms with Gasteiger partial charge in [0.15, 0.2) is 5.96 Å². The molecule has 0 aromatic carbocycles. The van der Waals surface area contributed by atoms with Crippen molar-refractivity contribution in [2.45, 2.75) is 65.7 Å². The van der Waals surface area contributed by atoms with Crippen LogP contribution in [0.3, 0.4) is 0 Å². The van der Waals surface area contributed by atoms with E-state index in [2.05, 4.69) is 17.1 Å². The first-order valence-electron chi connectivity index (χ1n) is 10.5. The molecule has 0 amide bonds. The van der Waals surface area contributed by atoms with Gasteiger partial charge in [-0.25, -0.2) is 0 Å². The molecule has 0 unspecified atom stereocenters. The van der Waals surface area contributed by atoms with Crippen molar-refractivity contribution in [3.05, 3.63) is 0 Å². The summed E-state index contributed by atoms with van der Waals surface area (Å²) in [5.41, 5.74) is 0. The lowest BCUT2D eigenvalue weighted by atomic mass is 9.97. The standard InChI is InChI=1S/C20H37N3O4.HI/c1-4-21-20(22-14-10-8-7-9-11-18(24)26-5-2)23-15-12-17(13-16-23)19(25)27-6-3;/h17H,4-16H2,1-3H3,(H,21,22);1H. The quantitative estimate of drug-likeness (QED) is 0.151. The van der Waals surface area contributed by atoms with Crippen LogP contribution in [0.5, 0.6) is 0 Å². The molecule has 8 heteroatoms. The van der Waals surface area contributed by atoms with Crippen molar-refractivity contribution in [3.63, 3.8) is 0 Å². The van der Waals surface area contributed by atoms with Crippen molar-refractivity contribution >= 4 is 41.9 Å². The molecular weight excluding hydrogens is 473 g/mol. The Balaban J connectivity index is 0.00000729. The molecular formula is C20H38IN3O4. The van der Waals surface area contributed by atoms with Gasteiger partial charge < -0.3 is 19.7 Å². The average molecular weight is 511 g/mol. The van der Waals surface area contributed by atoms with E-state index in [1.54, 1.807) is 0 Å². The molecule has 0 spiro atoms. The first kappa shape index (κ1) is 26.9. The lowest BCUT2D eigenvalue weighted by molar-refractivity contribution is -0.149. The van der Waals surface area contributed by atoms with Crippen LogP contribution >= 0.6 is 24.0 Å². The number of hydrogen-bond donors (Lipinski definition) is 1. The highest BCUT2D eigenvalue weighted by Gasteiger charge is 2.27.